The van der Waals surface area contributed by atoms with Crippen molar-refractivity contribution in [3.8, 4) is 0 Å². The largest absolute Gasteiger partial charge is 0.326 e. The highest BCUT2D eigenvalue weighted by Gasteiger charge is 2.12. The molecule has 0 spiro atoms. The fourth-order valence-electron chi connectivity index (χ4n) is 0.982. The number of anilines is 1. The molecule has 1 amide bonds. The molecule has 0 radical (unpaired) electrons. The zero-order valence-electron chi connectivity index (χ0n) is 7.99. The molecule has 0 atom stereocenters. The second kappa shape index (κ2) is 4.75. The van der Waals surface area contributed by atoms with Gasteiger partial charge in [0.1, 0.15) is 5.02 Å². The van der Waals surface area contributed by atoms with Gasteiger partial charge in [-0.1, -0.05) is 18.5 Å². The molecule has 0 aliphatic carbocycles. The van der Waals surface area contributed by atoms with E-state index in [4.69, 9.17) is 11.6 Å². The van der Waals surface area contributed by atoms with Crippen LogP contribution in [-0.4, -0.2) is 10.8 Å². The Bertz CT molecular complexity index is 406. The number of amides is 1. The number of hydrogen-bond acceptors (Lipinski definition) is 3. The van der Waals surface area contributed by atoms with E-state index < -0.39 is 4.92 Å². The molecule has 0 heterocycles. The Labute approximate surface area is 91.2 Å². The third kappa shape index (κ3) is 2.92. The number of benzene rings is 1. The highest BCUT2D eigenvalue weighted by Crippen LogP contribution is 2.27. The molecule has 0 unspecified atom stereocenters. The van der Waals surface area contributed by atoms with E-state index in [0.29, 0.717) is 12.1 Å². The molecule has 1 rings (SSSR count). The first-order valence-electron chi connectivity index (χ1n) is 4.28. The van der Waals surface area contributed by atoms with Crippen LogP contribution >= 0.6 is 11.6 Å². The van der Waals surface area contributed by atoms with E-state index in [0.717, 1.165) is 0 Å². The van der Waals surface area contributed by atoms with Gasteiger partial charge in [-0.25, -0.2) is 0 Å². The molecule has 0 bridgehead atoms. The van der Waals surface area contributed by atoms with Gasteiger partial charge in [0.25, 0.3) is 5.69 Å². The molecule has 0 aromatic heterocycles. The Balaban J connectivity index is 2.91. The molecule has 80 valence electrons. The highest BCUT2D eigenvalue weighted by atomic mass is 35.5. The Hall–Kier alpha value is -1.62. The van der Waals surface area contributed by atoms with E-state index >= 15 is 0 Å². The molecule has 1 aromatic rings. The number of nitrogens with zero attached hydrogens (tertiary/aromatic N) is 1. The third-order valence-corrected chi connectivity index (χ3v) is 2.05. The summed E-state index contributed by atoms with van der Waals surface area (Å²) in [5.41, 5.74) is 0.281. The Morgan fingerprint density at radius 3 is 2.73 bits per heavy atom. The summed E-state index contributed by atoms with van der Waals surface area (Å²) in [6.45, 7) is 1.71. The molecule has 1 N–H and O–H groups in total. The van der Waals surface area contributed by atoms with Crippen LogP contribution in [-0.2, 0) is 4.79 Å². The maximum atomic E-state index is 11.0. The predicted octanol–water partition coefficient (Wildman–Crippen LogP) is 2.60. The molecule has 0 fully saturated rings. The normalized spacial score (nSPS) is 9.73. The summed E-state index contributed by atoms with van der Waals surface area (Å²) in [5.74, 6) is -0.167. The van der Waals surface area contributed by atoms with Crippen LogP contribution in [0, 0.1) is 10.1 Å². The number of nitro benzene ring substituents is 1. The summed E-state index contributed by atoms with van der Waals surface area (Å²) < 4.78 is 0. The number of hydrogen-bond donors (Lipinski definition) is 1. The third-order valence-electron chi connectivity index (χ3n) is 1.75. The molecule has 0 aliphatic rings. The number of nitro groups is 1. The molecule has 6 heteroatoms. The topological polar surface area (TPSA) is 72.2 Å². The van der Waals surface area contributed by atoms with Crippen LogP contribution in [0.3, 0.4) is 0 Å². The van der Waals surface area contributed by atoms with Crippen LogP contribution in [0.2, 0.25) is 5.02 Å². The molecule has 5 nitrogen and oxygen atoms in total. The van der Waals surface area contributed by atoms with E-state index in [2.05, 4.69) is 5.32 Å². The molecule has 1 aromatic carbocycles. The Kier molecular flexibility index (Phi) is 3.62. The number of rotatable bonds is 3. The average Bonchev–Trinajstić information content (AvgIpc) is 2.17. The number of carbonyl (C=O) groups excluding carboxylic acids is 1. The molecular formula is C9H9ClN2O3. The lowest BCUT2D eigenvalue weighted by molar-refractivity contribution is -0.384. The van der Waals surface area contributed by atoms with E-state index in [9.17, 15) is 14.9 Å². The highest BCUT2D eigenvalue weighted by molar-refractivity contribution is 6.33. The van der Waals surface area contributed by atoms with Crippen LogP contribution in [0.5, 0.6) is 0 Å². The van der Waals surface area contributed by atoms with Crippen LogP contribution in [0.1, 0.15) is 13.3 Å². The number of nitrogens with one attached hydrogen (secondary N) is 1. The minimum atomic E-state index is -0.576. The summed E-state index contributed by atoms with van der Waals surface area (Å²) in [7, 11) is 0. The summed E-state index contributed by atoms with van der Waals surface area (Å²) in [4.78, 5) is 20.9. The van der Waals surface area contributed by atoms with Gasteiger partial charge in [-0.2, -0.15) is 0 Å². The first kappa shape index (κ1) is 11.5. The average molecular weight is 229 g/mol. The Morgan fingerprint density at radius 2 is 2.27 bits per heavy atom. The van der Waals surface area contributed by atoms with E-state index in [-0.39, 0.29) is 16.6 Å². The Morgan fingerprint density at radius 1 is 1.60 bits per heavy atom. The summed E-state index contributed by atoms with van der Waals surface area (Å²) in [5, 5.41) is 13.0. The second-order valence-electron chi connectivity index (χ2n) is 2.83. The smallest absolute Gasteiger partial charge is 0.288 e. The van der Waals surface area contributed by atoms with Crippen LogP contribution in [0.25, 0.3) is 0 Å². The second-order valence-corrected chi connectivity index (χ2v) is 3.23. The van der Waals surface area contributed by atoms with Crippen LogP contribution in [0.4, 0.5) is 11.4 Å². The zero-order valence-corrected chi connectivity index (χ0v) is 8.75. The van der Waals surface area contributed by atoms with Gasteiger partial charge in [0.05, 0.1) is 4.92 Å². The standard InChI is InChI=1S/C9H9ClN2O3/c1-2-9(13)11-6-3-4-8(12(14)15)7(10)5-6/h3-5H,2H2,1H3,(H,11,13). The van der Waals surface area contributed by atoms with Crippen LogP contribution < -0.4 is 5.32 Å². The van der Waals surface area contributed by atoms with Crippen molar-refractivity contribution in [2.45, 2.75) is 13.3 Å². The quantitative estimate of drug-likeness (QED) is 0.638. The summed E-state index contributed by atoms with van der Waals surface area (Å²) in [6.07, 6.45) is 0.342. The van der Waals surface area contributed by atoms with Gasteiger partial charge in [-0.3, -0.25) is 14.9 Å². The zero-order chi connectivity index (χ0) is 11.4. The minimum absolute atomic E-state index is 0.00824. The van der Waals surface area contributed by atoms with Gasteiger partial charge in [-0.05, 0) is 12.1 Å². The van der Waals surface area contributed by atoms with Crippen molar-refractivity contribution < 1.29 is 9.72 Å². The molecular weight excluding hydrogens is 220 g/mol. The lowest BCUT2D eigenvalue weighted by Crippen LogP contribution is -2.09. The van der Waals surface area contributed by atoms with Crippen LogP contribution in [0.15, 0.2) is 18.2 Å². The van der Waals surface area contributed by atoms with E-state index in [1.54, 1.807) is 6.92 Å². The first-order chi connectivity index (χ1) is 7.04. The van der Waals surface area contributed by atoms with Gasteiger partial charge in [-0.15, -0.1) is 0 Å². The van der Waals surface area contributed by atoms with Crippen molar-refractivity contribution in [1.29, 1.82) is 0 Å². The fraction of sp³-hybridized carbons (Fsp3) is 0.222. The lowest BCUT2D eigenvalue weighted by Gasteiger charge is -2.03. The van der Waals surface area contributed by atoms with Crippen molar-refractivity contribution in [3.05, 3.63) is 33.3 Å². The maximum Gasteiger partial charge on any atom is 0.288 e. The predicted molar refractivity (Wildman–Crippen MR) is 57.0 cm³/mol. The lowest BCUT2D eigenvalue weighted by atomic mass is 10.2. The maximum absolute atomic E-state index is 11.0. The van der Waals surface area contributed by atoms with Gasteiger partial charge in [0.2, 0.25) is 5.91 Å². The minimum Gasteiger partial charge on any atom is -0.326 e. The monoisotopic (exact) mass is 228 g/mol. The molecule has 0 saturated heterocycles. The number of carbonyl (C=O) groups is 1. The van der Waals surface area contributed by atoms with E-state index in [1.807, 2.05) is 0 Å². The summed E-state index contributed by atoms with van der Waals surface area (Å²) >= 11 is 5.66. The van der Waals surface area contributed by atoms with Crippen molar-refractivity contribution in [2.75, 3.05) is 5.32 Å². The van der Waals surface area contributed by atoms with Gasteiger partial charge >= 0.3 is 0 Å². The van der Waals surface area contributed by atoms with Gasteiger partial charge < -0.3 is 5.32 Å². The van der Waals surface area contributed by atoms with Gasteiger partial charge in [0, 0.05) is 18.2 Å². The SMILES string of the molecule is CCC(=O)Nc1ccc([N+](=O)[O-])c(Cl)c1. The van der Waals surface area contributed by atoms with E-state index in [1.165, 1.54) is 18.2 Å². The molecule has 0 aliphatic heterocycles. The fourth-order valence-corrected chi connectivity index (χ4v) is 1.23. The van der Waals surface area contributed by atoms with Crippen molar-refractivity contribution in [1.82, 2.24) is 0 Å². The summed E-state index contributed by atoms with van der Waals surface area (Å²) in [6, 6.07) is 4.05. The van der Waals surface area contributed by atoms with Crippen molar-refractivity contribution in [3.63, 3.8) is 0 Å². The van der Waals surface area contributed by atoms with Gasteiger partial charge in [0.15, 0.2) is 0 Å². The van der Waals surface area contributed by atoms with Crippen molar-refractivity contribution >= 4 is 28.9 Å². The number of halogens is 1. The first-order valence-corrected chi connectivity index (χ1v) is 4.66. The van der Waals surface area contributed by atoms with Crippen molar-refractivity contribution in [2.24, 2.45) is 0 Å². The molecule has 0 saturated carbocycles. The molecule has 15 heavy (non-hydrogen) atoms.